The second-order valence-electron chi connectivity index (χ2n) is 6.19. The van der Waals surface area contributed by atoms with E-state index in [9.17, 15) is 4.79 Å². The summed E-state index contributed by atoms with van der Waals surface area (Å²) in [6.45, 7) is 2.05. The van der Waals surface area contributed by atoms with Crippen molar-refractivity contribution in [2.75, 3.05) is 0 Å². The molecule has 3 aromatic rings. The molecule has 0 spiro atoms. The predicted octanol–water partition coefficient (Wildman–Crippen LogP) is 4.21. The lowest BCUT2D eigenvalue weighted by Gasteiger charge is -2.07. The van der Waals surface area contributed by atoms with E-state index >= 15 is 0 Å². The van der Waals surface area contributed by atoms with Gasteiger partial charge in [-0.25, -0.2) is 4.98 Å². The third-order valence-electron chi connectivity index (χ3n) is 4.16. The smallest absolute Gasteiger partial charge is 0.252 e. The minimum absolute atomic E-state index is 0.0665. The van der Waals surface area contributed by atoms with Gasteiger partial charge in [0.05, 0.1) is 11.8 Å². The normalized spacial score (nSPS) is 13.7. The summed E-state index contributed by atoms with van der Waals surface area (Å²) in [5.41, 5.74) is 3.48. The third-order valence-corrected chi connectivity index (χ3v) is 4.16. The fourth-order valence-electron chi connectivity index (χ4n) is 2.61. The van der Waals surface area contributed by atoms with Crippen LogP contribution in [0.2, 0.25) is 0 Å². The second-order valence-corrected chi connectivity index (χ2v) is 6.19. The Balaban J connectivity index is 1.67. The molecular formula is C20H18N2O2. The van der Waals surface area contributed by atoms with Crippen LogP contribution in [0.25, 0.3) is 22.8 Å². The zero-order valence-electron chi connectivity index (χ0n) is 13.5. The van der Waals surface area contributed by atoms with E-state index in [1.165, 1.54) is 5.56 Å². The number of oxazole rings is 1. The van der Waals surface area contributed by atoms with Gasteiger partial charge in [-0.3, -0.25) is 4.79 Å². The van der Waals surface area contributed by atoms with E-state index in [1.54, 1.807) is 6.20 Å². The molecule has 4 rings (SSSR count). The minimum Gasteiger partial charge on any atom is -0.436 e. The number of benzene rings is 2. The maximum absolute atomic E-state index is 12.4. The highest BCUT2D eigenvalue weighted by atomic mass is 16.4. The van der Waals surface area contributed by atoms with Crippen LogP contribution >= 0.6 is 0 Å². The van der Waals surface area contributed by atoms with Gasteiger partial charge in [0, 0.05) is 17.2 Å². The van der Waals surface area contributed by atoms with Crippen LogP contribution < -0.4 is 5.32 Å². The van der Waals surface area contributed by atoms with Gasteiger partial charge in [0.2, 0.25) is 5.89 Å². The maximum Gasteiger partial charge on any atom is 0.252 e. The molecule has 0 unspecified atom stereocenters. The van der Waals surface area contributed by atoms with Crippen LogP contribution in [0.4, 0.5) is 0 Å². The lowest BCUT2D eigenvalue weighted by atomic mass is 10.1. The first-order valence-corrected chi connectivity index (χ1v) is 8.14. The van der Waals surface area contributed by atoms with Crippen LogP contribution in [0.3, 0.4) is 0 Å². The van der Waals surface area contributed by atoms with Gasteiger partial charge in [-0.05, 0) is 31.9 Å². The number of carbonyl (C=O) groups excluding carboxylic acids is 1. The SMILES string of the molecule is Cc1ccc(-c2cnc(-c3ccccc3C(=O)NC3CC3)o2)cc1. The second kappa shape index (κ2) is 5.96. The first-order valence-electron chi connectivity index (χ1n) is 8.14. The fourth-order valence-corrected chi connectivity index (χ4v) is 2.61. The molecule has 2 aromatic carbocycles. The van der Waals surface area contributed by atoms with Gasteiger partial charge in [-0.15, -0.1) is 0 Å². The number of rotatable bonds is 4. The Kier molecular flexibility index (Phi) is 3.65. The van der Waals surface area contributed by atoms with E-state index in [0.717, 1.165) is 18.4 Å². The summed E-state index contributed by atoms with van der Waals surface area (Å²) in [6.07, 6.45) is 3.82. The molecule has 1 aromatic heterocycles. The Labute approximate surface area is 140 Å². The van der Waals surface area contributed by atoms with Crippen molar-refractivity contribution in [3.05, 3.63) is 65.9 Å². The van der Waals surface area contributed by atoms with Crippen molar-refractivity contribution in [1.29, 1.82) is 0 Å². The highest BCUT2D eigenvalue weighted by Gasteiger charge is 2.25. The van der Waals surface area contributed by atoms with Crippen LogP contribution in [0, 0.1) is 6.92 Å². The molecule has 1 saturated carbocycles. The third kappa shape index (κ3) is 2.95. The van der Waals surface area contributed by atoms with Crippen molar-refractivity contribution in [1.82, 2.24) is 10.3 Å². The van der Waals surface area contributed by atoms with E-state index in [2.05, 4.69) is 10.3 Å². The number of aryl methyl sites for hydroxylation is 1. The molecule has 1 aliphatic carbocycles. The largest absolute Gasteiger partial charge is 0.436 e. The summed E-state index contributed by atoms with van der Waals surface area (Å²) in [6, 6.07) is 15.8. The van der Waals surface area contributed by atoms with Crippen LogP contribution in [-0.2, 0) is 0 Å². The zero-order valence-corrected chi connectivity index (χ0v) is 13.5. The topological polar surface area (TPSA) is 55.1 Å². The molecule has 0 atom stereocenters. The molecule has 4 nitrogen and oxygen atoms in total. The number of amides is 1. The number of hydrogen-bond donors (Lipinski definition) is 1. The molecule has 1 fully saturated rings. The van der Waals surface area contributed by atoms with E-state index < -0.39 is 0 Å². The predicted molar refractivity (Wildman–Crippen MR) is 92.6 cm³/mol. The Morgan fingerprint density at radius 1 is 1.12 bits per heavy atom. The van der Waals surface area contributed by atoms with Gasteiger partial charge in [-0.2, -0.15) is 0 Å². The number of nitrogens with zero attached hydrogens (tertiary/aromatic N) is 1. The van der Waals surface area contributed by atoms with E-state index in [-0.39, 0.29) is 5.91 Å². The Morgan fingerprint density at radius 2 is 1.88 bits per heavy atom. The highest BCUT2D eigenvalue weighted by molar-refractivity contribution is 6.00. The number of hydrogen-bond acceptors (Lipinski definition) is 3. The van der Waals surface area contributed by atoms with Crippen LogP contribution in [0.1, 0.15) is 28.8 Å². The van der Waals surface area contributed by atoms with Crippen LogP contribution in [0.15, 0.2) is 59.1 Å². The average molecular weight is 318 g/mol. The van der Waals surface area contributed by atoms with Crippen molar-refractivity contribution in [2.45, 2.75) is 25.8 Å². The lowest BCUT2D eigenvalue weighted by molar-refractivity contribution is 0.0951. The molecule has 1 N–H and O–H groups in total. The quantitative estimate of drug-likeness (QED) is 0.784. The molecule has 1 aliphatic rings. The van der Waals surface area contributed by atoms with Crippen molar-refractivity contribution < 1.29 is 9.21 Å². The number of nitrogens with one attached hydrogen (secondary N) is 1. The first-order chi connectivity index (χ1) is 11.7. The summed E-state index contributed by atoms with van der Waals surface area (Å²) in [5.74, 6) is 1.10. The van der Waals surface area contributed by atoms with Gasteiger partial charge in [0.25, 0.3) is 5.91 Å². The van der Waals surface area contributed by atoms with Gasteiger partial charge in [-0.1, -0.05) is 42.0 Å². The molecule has 4 heteroatoms. The van der Waals surface area contributed by atoms with Crippen molar-refractivity contribution in [3.63, 3.8) is 0 Å². The Morgan fingerprint density at radius 3 is 2.62 bits per heavy atom. The monoisotopic (exact) mass is 318 g/mol. The maximum atomic E-state index is 12.4. The molecule has 1 heterocycles. The van der Waals surface area contributed by atoms with Gasteiger partial charge in [0.15, 0.2) is 5.76 Å². The van der Waals surface area contributed by atoms with Crippen molar-refractivity contribution >= 4 is 5.91 Å². The fraction of sp³-hybridized carbons (Fsp3) is 0.200. The van der Waals surface area contributed by atoms with E-state index in [1.807, 2.05) is 55.5 Å². The summed E-state index contributed by atoms with van der Waals surface area (Å²) in [5, 5.41) is 3.02. The number of carbonyl (C=O) groups is 1. The standard InChI is InChI=1S/C20H18N2O2/c1-13-6-8-14(9-7-13)18-12-21-20(24-18)17-5-3-2-4-16(17)19(23)22-15-10-11-15/h2-9,12,15H,10-11H2,1H3,(H,22,23). The first kappa shape index (κ1) is 14.7. The minimum atomic E-state index is -0.0665. The molecular weight excluding hydrogens is 300 g/mol. The van der Waals surface area contributed by atoms with Gasteiger partial charge in [0.1, 0.15) is 0 Å². The molecule has 1 amide bonds. The lowest BCUT2D eigenvalue weighted by Crippen LogP contribution is -2.25. The molecule has 0 aliphatic heterocycles. The van der Waals surface area contributed by atoms with Crippen molar-refractivity contribution in [3.8, 4) is 22.8 Å². The Hall–Kier alpha value is -2.88. The molecule has 120 valence electrons. The Bertz CT molecular complexity index is 877. The van der Waals surface area contributed by atoms with Crippen molar-refractivity contribution in [2.24, 2.45) is 0 Å². The zero-order chi connectivity index (χ0) is 16.5. The average Bonchev–Trinajstić information content (AvgIpc) is 3.28. The van der Waals surface area contributed by atoms with Gasteiger partial charge >= 0.3 is 0 Å². The summed E-state index contributed by atoms with van der Waals surface area (Å²) < 4.78 is 5.92. The summed E-state index contributed by atoms with van der Waals surface area (Å²) >= 11 is 0. The molecule has 0 saturated heterocycles. The molecule has 24 heavy (non-hydrogen) atoms. The molecule has 0 bridgehead atoms. The number of aromatic nitrogens is 1. The highest BCUT2D eigenvalue weighted by Crippen LogP contribution is 2.29. The molecule has 0 radical (unpaired) electrons. The van der Waals surface area contributed by atoms with Crippen LogP contribution in [0.5, 0.6) is 0 Å². The summed E-state index contributed by atoms with van der Waals surface area (Å²) in [4.78, 5) is 16.8. The van der Waals surface area contributed by atoms with E-state index in [4.69, 9.17) is 4.42 Å². The van der Waals surface area contributed by atoms with Crippen LogP contribution in [-0.4, -0.2) is 16.9 Å². The summed E-state index contributed by atoms with van der Waals surface area (Å²) in [7, 11) is 0. The van der Waals surface area contributed by atoms with E-state index in [0.29, 0.717) is 28.8 Å². The van der Waals surface area contributed by atoms with Gasteiger partial charge < -0.3 is 9.73 Å².